The Morgan fingerprint density at radius 2 is 2.00 bits per heavy atom. The molecule has 1 saturated carbocycles. The number of hydrogen-bond donors (Lipinski definition) is 2. The van der Waals surface area contributed by atoms with E-state index in [2.05, 4.69) is 0 Å². The molecule has 0 heterocycles. The lowest BCUT2D eigenvalue weighted by Crippen LogP contribution is -2.26. The zero-order chi connectivity index (χ0) is 6.48. The van der Waals surface area contributed by atoms with Crippen LogP contribution in [0.15, 0.2) is 12.2 Å². The predicted molar refractivity (Wildman–Crippen MR) is 32.8 cm³/mol. The Morgan fingerprint density at radius 1 is 1.33 bits per heavy atom. The second-order valence-electron chi connectivity index (χ2n) is 3.03. The molecule has 9 heavy (non-hydrogen) atoms. The third-order valence-electron chi connectivity index (χ3n) is 2.37. The van der Waals surface area contributed by atoms with Crippen LogP contribution in [0, 0.1) is 5.41 Å². The van der Waals surface area contributed by atoms with Crippen LogP contribution in [0.25, 0.3) is 0 Å². The van der Waals surface area contributed by atoms with Gasteiger partial charge >= 0.3 is 0 Å². The molecule has 0 aromatic heterocycles. The fourth-order valence-electron chi connectivity index (χ4n) is 1.44. The smallest absolute Gasteiger partial charge is 0.0988 e. The molecule has 0 radical (unpaired) electrons. The Balaban J connectivity index is 2.22. The highest BCUT2D eigenvalue weighted by atomic mass is 16.3. The van der Waals surface area contributed by atoms with E-state index in [0.29, 0.717) is 0 Å². The Morgan fingerprint density at radius 3 is 2.22 bits per heavy atom. The zero-order valence-corrected chi connectivity index (χ0v) is 5.12. The van der Waals surface area contributed by atoms with Gasteiger partial charge in [-0.25, -0.2) is 0 Å². The van der Waals surface area contributed by atoms with Gasteiger partial charge in [0.15, 0.2) is 0 Å². The maximum atomic E-state index is 9.28. The molecule has 1 fully saturated rings. The Kier molecular flexibility index (Phi) is 0.838. The van der Waals surface area contributed by atoms with E-state index in [-0.39, 0.29) is 5.41 Å². The molecular formula is C7H10O2. The van der Waals surface area contributed by atoms with Gasteiger partial charge in [0.2, 0.25) is 0 Å². The van der Waals surface area contributed by atoms with Gasteiger partial charge in [-0.05, 0) is 12.8 Å². The van der Waals surface area contributed by atoms with Crippen molar-refractivity contribution in [1.29, 1.82) is 0 Å². The van der Waals surface area contributed by atoms with Crippen LogP contribution < -0.4 is 0 Å². The molecule has 0 aromatic carbocycles. The second-order valence-corrected chi connectivity index (χ2v) is 3.03. The summed E-state index contributed by atoms with van der Waals surface area (Å²) in [5, 5.41) is 18.3. The van der Waals surface area contributed by atoms with E-state index in [1.54, 1.807) is 6.08 Å². The number of aliphatic hydroxyl groups is 2. The molecular weight excluding hydrogens is 116 g/mol. The van der Waals surface area contributed by atoms with Gasteiger partial charge in [0.1, 0.15) is 0 Å². The van der Waals surface area contributed by atoms with Gasteiger partial charge < -0.3 is 10.2 Å². The van der Waals surface area contributed by atoms with Crippen molar-refractivity contribution in [3.63, 3.8) is 0 Å². The first-order valence-corrected chi connectivity index (χ1v) is 3.30. The van der Waals surface area contributed by atoms with Gasteiger partial charge in [-0.2, -0.15) is 0 Å². The van der Waals surface area contributed by atoms with E-state index in [9.17, 15) is 5.11 Å². The maximum absolute atomic E-state index is 9.28. The molecule has 2 atom stereocenters. The van der Waals surface area contributed by atoms with Crippen LogP contribution in [0.3, 0.4) is 0 Å². The summed E-state index contributed by atoms with van der Waals surface area (Å²) >= 11 is 0. The number of rotatable bonds is 0. The summed E-state index contributed by atoms with van der Waals surface area (Å²) in [7, 11) is 0. The molecule has 1 spiro atoms. The van der Waals surface area contributed by atoms with Crippen LogP contribution >= 0.6 is 0 Å². The van der Waals surface area contributed by atoms with Crippen molar-refractivity contribution in [3.05, 3.63) is 12.2 Å². The average Bonchev–Trinajstić information content (AvgIpc) is 2.57. The Labute approximate surface area is 53.8 Å². The molecule has 0 aromatic rings. The van der Waals surface area contributed by atoms with E-state index in [0.717, 1.165) is 12.8 Å². The highest BCUT2D eigenvalue weighted by molar-refractivity contribution is 5.23. The third kappa shape index (κ3) is 0.575. The SMILES string of the molecule is OC1C=CC2(CC2)C1O. The lowest BCUT2D eigenvalue weighted by atomic mass is 10.0. The van der Waals surface area contributed by atoms with Crippen molar-refractivity contribution in [2.45, 2.75) is 25.0 Å². The molecule has 2 rings (SSSR count). The largest absolute Gasteiger partial charge is 0.389 e. The minimum atomic E-state index is -0.604. The normalized spacial score (nSPS) is 44.2. The molecule has 2 aliphatic carbocycles. The van der Waals surface area contributed by atoms with E-state index in [1.165, 1.54) is 0 Å². The van der Waals surface area contributed by atoms with E-state index < -0.39 is 12.2 Å². The van der Waals surface area contributed by atoms with Crippen LogP contribution in [-0.4, -0.2) is 22.4 Å². The first-order valence-electron chi connectivity index (χ1n) is 3.30. The minimum absolute atomic E-state index is 0.000579. The van der Waals surface area contributed by atoms with Crippen molar-refractivity contribution in [2.24, 2.45) is 5.41 Å². The van der Waals surface area contributed by atoms with Gasteiger partial charge in [0.25, 0.3) is 0 Å². The van der Waals surface area contributed by atoms with Gasteiger partial charge in [-0.15, -0.1) is 0 Å². The monoisotopic (exact) mass is 126 g/mol. The molecule has 50 valence electrons. The van der Waals surface area contributed by atoms with Gasteiger partial charge in [0, 0.05) is 5.41 Å². The average molecular weight is 126 g/mol. The predicted octanol–water partition coefficient (Wildman–Crippen LogP) is 0.0582. The number of aliphatic hydroxyl groups excluding tert-OH is 2. The summed E-state index contributed by atoms with van der Waals surface area (Å²) in [6.07, 6.45) is 4.61. The standard InChI is InChI=1S/C7H10O2/c8-5-1-2-7(3-4-7)6(5)9/h1-2,5-6,8-9H,3-4H2. The first-order chi connectivity index (χ1) is 4.25. The minimum Gasteiger partial charge on any atom is -0.389 e. The highest BCUT2D eigenvalue weighted by Gasteiger charge is 2.52. The van der Waals surface area contributed by atoms with Gasteiger partial charge in [-0.3, -0.25) is 0 Å². The van der Waals surface area contributed by atoms with Crippen molar-refractivity contribution >= 4 is 0 Å². The fraction of sp³-hybridized carbons (Fsp3) is 0.714. The molecule has 0 saturated heterocycles. The summed E-state index contributed by atoms with van der Waals surface area (Å²) in [6, 6.07) is 0. The van der Waals surface area contributed by atoms with Crippen molar-refractivity contribution in [3.8, 4) is 0 Å². The van der Waals surface area contributed by atoms with Gasteiger partial charge in [0.05, 0.1) is 12.2 Å². The molecule has 0 bridgehead atoms. The van der Waals surface area contributed by atoms with E-state index in [1.807, 2.05) is 6.08 Å². The van der Waals surface area contributed by atoms with E-state index >= 15 is 0 Å². The lowest BCUT2D eigenvalue weighted by molar-refractivity contribution is 0.0260. The summed E-state index contributed by atoms with van der Waals surface area (Å²) < 4.78 is 0. The van der Waals surface area contributed by atoms with Crippen LogP contribution in [0.1, 0.15) is 12.8 Å². The van der Waals surface area contributed by atoms with Crippen LogP contribution in [-0.2, 0) is 0 Å². The highest BCUT2D eigenvalue weighted by Crippen LogP contribution is 2.53. The zero-order valence-electron chi connectivity index (χ0n) is 5.12. The summed E-state index contributed by atoms with van der Waals surface area (Å²) in [5.41, 5.74) is -0.000579. The number of hydrogen-bond acceptors (Lipinski definition) is 2. The molecule has 2 heteroatoms. The van der Waals surface area contributed by atoms with E-state index in [4.69, 9.17) is 5.11 Å². The van der Waals surface area contributed by atoms with Crippen molar-refractivity contribution in [1.82, 2.24) is 0 Å². The molecule has 0 aliphatic heterocycles. The molecule has 2 aliphatic rings. The van der Waals surface area contributed by atoms with Crippen LogP contribution in [0.4, 0.5) is 0 Å². The lowest BCUT2D eigenvalue weighted by Gasteiger charge is -2.13. The first kappa shape index (κ1) is 5.45. The maximum Gasteiger partial charge on any atom is 0.0988 e. The summed E-state index contributed by atoms with van der Waals surface area (Å²) in [6.45, 7) is 0. The van der Waals surface area contributed by atoms with Crippen LogP contribution in [0.5, 0.6) is 0 Å². The van der Waals surface area contributed by atoms with Gasteiger partial charge in [-0.1, -0.05) is 12.2 Å². The van der Waals surface area contributed by atoms with Crippen molar-refractivity contribution in [2.75, 3.05) is 0 Å². The molecule has 2 unspecified atom stereocenters. The second kappa shape index (κ2) is 1.39. The fourth-order valence-corrected chi connectivity index (χ4v) is 1.44. The molecule has 0 amide bonds. The summed E-state index contributed by atoms with van der Waals surface area (Å²) in [4.78, 5) is 0. The summed E-state index contributed by atoms with van der Waals surface area (Å²) in [5.74, 6) is 0. The van der Waals surface area contributed by atoms with Crippen molar-refractivity contribution < 1.29 is 10.2 Å². The Bertz CT molecular complexity index is 158. The molecule has 2 N–H and O–H groups in total. The van der Waals surface area contributed by atoms with Crippen LogP contribution in [0.2, 0.25) is 0 Å². The topological polar surface area (TPSA) is 40.5 Å². The third-order valence-corrected chi connectivity index (χ3v) is 2.37. The quantitative estimate of drug-likeness (QED) is 0.450. The Hall–Kier alpha value is -0.340. The molecule has 2 nitrogen and oxygen atoms in total.